The predicted octanol–water partition coefficient (Wildman–Crippen LogP) is 7.83. The van der Waals surface area contributed by atoms with Gasteiger partial charge >= 0.3 is 5.97 Å². The first-order valence-electron chi connectivity index (χ1n) is 13.1. The van der Waals surface area contributed by atoms with Gasteiger partial charge < -0.3 is 9.47 Å². The molecule has 0 spiro atoms. The first-order valence-corrected chi connectivity index (χ1v) is 13.1. The standard InChI is InChI=1S/C30H38N2O3/c1-3-5-7-9-11-21-34-26-19-15-25(16-20-26)28-22-32-29(23-31-28)30(33)35-27-17-13-24(14-18-27)12-10-8-6-4-2/h13-20,22-23H,3-12,21H2,1-2H3. The molecule has 0 aliphatic carbocycles. The van der Waals surface area contributed by atoms with Gasteiger partial charge in [0.15, 0.2) is 5.69 Å². The summed E-state index contributed by atoms with van der Waals surface area (Å²) in [5.41, 5.74) is 3.05. The number of rotatable bonds is 15. The van der Waals surface area contributed by atoms with Gasteiger partial charge in [0.25, 0.3) is 0 Å². The quantitative estimate of drug-likeness (QED) is 0.128. The van der Waals surface area contributed by atoms with Crippen LogP contribution in [0.5, 0.6) is 11.5 Å². The third-order valence-electron chi connectivity index (χ3n) is 5.98. The molecule has 186 valence electrons. The molecule has 5 heteroatoms. The Morgan fingerprint density at radius 1 is 0.714 bits per heavy atom. The van der Waals surface area contributed by atoms with Crippen LogP contribution in [0.15, 0.2) is 60.9 Å². The molecule has 0 radical (unpaired) electrons. The van der Waals surface area contributed by atoms with Gasteiger partial charge in [-0.1, -0.05) is 70.9 Å². The van der Waals surface area contributed by atoms with Crippen LogP contribution in [0.2, 0.25) is 0 Å². The maximum absolute atomic E-state index is 12.5. The Hall–Kier alpha value is -3.21. The number of carbonyl (C=O) groups is 1. The SMILES string of the molecule is CCCCCCCOc1ccc(-c2cnc(C(=O)Oc3ccc(CCCCCC)cc3)cn2)cc1. The minimum atomic E-state index is -0.512. The molecule has 5 nitrogen and oxygen atoms in total. The maximum Gasteiger partial charge on any atom is 0.363 e. The number of aromatic nitrogens is 2. The van der Waals surface area contributed by atoms with E-state index in [1.165, 1.54) is 63.1 Å². The van der Waals surface area contributed by atoms with E-state index in [0.29, 0.717) is 11.4 Å². The summed E-state index contributed by atoms with van der Waals surface area (Å²) in [6, 6.07) is 15.5. The Labute approximate surface area is 209 Å². The smallest absolute Gasteiger partial charge is 0.363 e. The van der Waals surface area contributed by atoms with E-state index in [0.717, 1.165) is 30.8 Å². The predicted molar refractivity (Wildman–Crippen MR) is 141 cm³/mol. The Morgan fingerprint density at radius 2 is 1.37 bits per heavy atom. The second kappa shape index (κ2) is 14.9. The van der Waals surface area contributed by atoms with Crippen LogP contribution in [0.4, 0.5) is 0 Å². The number of esters is 1. The molecule has 1 aromatic heterocycles. The summed E-state index contributed by atoms with van der Waals surface area (Å²) in [4.78, 5) is 21.1. The number of benzene rings is 2. The van der Waals surface area contributed by atoms with Gasteiger partial charge in [0.2, 0.25) is 0 Å². The molecule has 0 bridgehead atoms. The van der Waals surface area contributed by atoms with Crippen molar-refractivity contribution in [3.05, 3.63) is 72.2 Å². The van der Waals surface area contributed by atoms with Crippen LogP contribution in [0.3, 0.4) is 0 Å². The minimum absolute atomic E-state index is 0.181. The van der Waals surface area contributed by atoms with Gasteiger partial charge in [0.05, 0.1) is 24.7 Å². The molecule has 3 rings (SSSR count). The first-order chi connectivity index (χ1) is 17.2. The van der Waals surface area contributed by atoms with Crippen molar-refractivity contribution >= 4 is 5.97 Å². The topological polar surface area (TPSA) is 61.3 Å². The van der Waals surface area contributed by atoms with E-state index in [-0.39, 0.29) is 5.69 Å². The van der Waals surface area contributed by atoms with Crippen LogP contribution in [0.1, 0.15) is 87.7 Å². The van der Waals surface area contributed by atoms with Crippen molar-refractivity contribution in [1.29, 1.82) is 0 Å². The number of ether oxygens (including phenoxy) is 2. The van der Waals surface area contributed by atoms with Crippen molar-refractivity contribution in [3.8, 4) is 22.8 Å². The highest BCUT2D eigenvalue weighted by Crippen LogP contribution is 2.21. The second-order valence-corrected chi connectivity index (χ2v) is 8.92. The lowest BCUT2D eigenvalue weighted by molar-refractivity contribution is 0.0728. The van der Waals surface area contributed by atoms with Gasteiger partial charge in [-0.25, -0.2) is 9.78 Å². The lowest BCUT2D eigenvalue weighted by atomic mass is 10.1. The van der Waals surface area contributed by atoms with Crippen LogP contribution in [0, 0.1) is 0 Å². The molecule has 0 aliphatic heterocycles. The monoisotopic (exact) mass is 474 g/mol. The molecular formula is C30H38N2O3. The summed E-state index contributed by atoms with van der Waals surface area (Å²) in [5, 5.41) is 0. The van der Waals surface area contributed by atoms with Crippen LogP contribution >= 0.6 is 0 Å². The molecule has 0 unspecified atom stereocenters. The summed E-state index contributed by atoms with van der Waals surface area (Å²) in [7, 11) is 0. The molecule has 0 N–H and O–H groups in total. The summed E-state index contributed by atoms with van der Waals surface area (Å²) >= 11 is 0. The van der Waals surface area contributed by atoms with Crippen molar-refractivity contribution in [2.45, 2.75) is 78.1 Å². The van der Waals surface area contributed by atoms with E-state index in [1.54, 1.807) is 6.20 Å². The molecule has 0 fully saturated rings. The van der Waals surface area contributed by atoms with Crippen molar-refractivity contribution in [3.63, 3.8) is 0 Å². The molecule has 1 heterocycles. The molecule has 0 aliphatic rings. The zero-order valence-electron chi connectivity index (χ0n) is 21.2. The molecule has 2 aromatic carbocycles. The Bertz CT molecular complexity index is 999. The number of hydrogen-bond donors (Lipinski definition) is 0. The number of aryl methyl sites for hydroxylation is 1. The fourth-order valence-corrected chi connectivity index (χ4v) is 3.84. The van der Waals surface area contributed by atoms with Gasteiger partial charge in [0, 0.05) is 5.56 Å². The van der Waals surface area contributed by atoms with Gasteiger partial charge in [0.1, 0.15) is 11.5 Å². The van der Waals surface area contributed by atoms with E-state index in [1.807, 2.05) is 48.5 Å². The van der Waals surface area contributed by atoms with E-state index >= 15 is 0 Å². The lowest BCUT2D eigenvalue weighted by Gasteiger charge is -2.08. The van der Waals surface area contributed by atoms with E-state index < -0.39 is 5.97 Å². The van der Waals surface area contributed by atoms with Crippen molar-refractivity contribution in [2.24, 2.45) is 0 Å². The molecule has 3 aromatic rings. The summed E-state index contributed by atoms with van der Waals surface area (Å²) in [6.07, 6.45) is 15.1. The molecule has 0 saturated heterocycles. The minimum Gasteiger partial charge on any atom is -0.494 e. The normalized spacial score (nSPS) is 10.8. The van der Waals surface area contributed by atoms with Crippen LogP contribution in [0.25, 0.3) is 11.3 Å². The van der Waals surface area contributed by atoms with Crippen molar-refractivity contribution < 1.29 is 14.3 Å². The fourth-order valence-electron chi connectivity index (χ4n) is 3.84. The number of unbranched alkanes of at least 4 members (excludes halogenated alkanes) is 7. The summed E-state index contributed by atoms with van der Waals surface area (Å²) < 4.78 is 11.3. The average molecular weight is 475 g/mol. The van der Waals surface area contributed by atoms with E-state index in [2.05, 4.69) is 23.8 Å². The Balaban J connectivity index is 1.47. The fraction of sp³-hybridized carbons (Fsp3) is 0.433. The Morgan fingerprint density at radius 3 is 2.03 bits per heavy atom. The summed E-state index contributed by atoms with van der Waals surface area (Å²) in [5.74, 6) is 0.853. The van der Waals surface area contributed by atoms with Crippen LogP contribution in [-0.4, -0.2) is 22.5 Å². The highest BCUT2D eigenvalue weighted by atomic mass is 16.5. The number of hydrogen-bond acceptors (Lipinski definition) is 5. The van der Waals surface area contributed by atoms with Gasteiger partial charge in [-0.05, 0) is 61.2 Å². The zero-order valence-corrected chi connectivity index (χ0v) is 21.2. The molecular weight excluding hydrogens is 436 g/mol. The van der Waals surface area contributed by atoms with E-state index in [9.17, 15) is 4.79 Å². The largest absolute Gasteiger partial charge is 0.494 e. The van der Waals surface area contributed by atoms with Crippen molar-refractivity contribution in [2.75, 3.05) is 6.61 Å². The third-order valence-corrected chi connectivity index (χ3v) is 5.98. The maximum atomic E-state index is 12.5. The Kier molecular flexibility index (Phi) is 11.3. The van der Waals surface area contributed by atoms with Crippen molar-refractivity contribution in [1.82, 2.24) is 9.97 Å². The molecule has 0 saturated carbocycles. The van der Waals surface area contributed by atoms with Gasteiger partial charge in [-0.15, -0.1) is 0 Å². The molecule has 35 heavy (non-hydrogen) atoms. The second-order valence-electron chi connectivity index (χ2n) is 8.92. The third kappa shape index (κ3) is 9.16. The van der Waals surface area contributed by atoms with Crippen LogP contribution in [-0.2, 0) is 6.42 Å². The first kappa shape index (κ1) is 26.4. The highest BCUT2D eigenvalue weighted by Gasteiger charge is 2.12. The van der Waals surface area contributed by atoms with Gasteiger partial charge in [-0.3, -0.25) is 4.98 Å². The number of nitrogens with zero attached hydrogens (tertiary/aromatic N) is 2. The average Bonchev–Trinajstić information content (AvgIpc) is 2.90. The van der Waals surface area contributed by atoms with Crippen LogP contribution < -0.4 is 9.47 Å². The number of carbonyl (C=O) groups excluding carboxylic acids is 1. The highest BCUT2D eigenvalue weighted by molar-refractivity contribution is 5.88. The summed E-state index contributed by atoms with van der Waals surface area (Å²) in [6.45, 7) is 5.17. The molecule has 0 amide bonds. The molecule has 0 atom stereocenters. The van der Waals surface area contributed by atoms with Gasteiger partial charge in [-0.2, -0.15) is 0 Å². The zero-order chi connectivity index (χ0) is 24.7. The lowest BCUT2D eigenvalue weighted by Crippen LogP contribution is -2.11. The van der Waals surface area contributed by atoms with E-state index in [4.69, 9.17) is 9.47 Å².